The molecule has 6 aliphatic rings. The van der Waals surface area contributed by atoms with Gasteiger partial charge < -0.3 is 10.6 Å². The van der Waals surface area contributed by atoms with Gasteiger partial charge in [0.2, 0.25) is 0 Å². The van der Waals surface area contributed by atoms with Crippen molar-refractivity contribution in [3.63, 3.8) is 0 Å². The molecule has 3 spiro atoms. The molecule has 3 heterocycles. The first-order valence-corrected chi connectivity index (χ1v) is 13.8. The Bertz CT molecular complexity index is 636. The number of hydrogen-bond acceptors (Lipinski definition) is 3. The highest BCUT2D eigenvalue weighted by Gasteiger charge is 2.56. The molecular formula is C27H47N3. The van der Waals surface area contributed by atoms with Gasteiger partial charge in [-0.2, -0.15) is 0 Å². The second kappa shape index (κ2) is 7.45. The summed E-state index contributed by atoms with van der Waals surface area (Å²) in [6.45, 7) is 9.12. The van der Waals surface area contributed by atoms with Crippen LogP contribution in [0.25, 0.3) is 0 Å². The van der Waals surface area contributed by atoms with Crippen LogP contribution >= 0.6 is 0 Å². The number of nitrogens with zero attached hydrogens (tertiary/aromatic N) is 1. The normalized spacial score (nSPS) is 47.6. The average molecular weight is 414 g/mol. The SMILES string of the molecule is CC1N(CC2CCCC3(CC3)N2)CCC12CCCC(C1CNC(C)C13CCCC3)C2. The summed E-state index contributed by atoms with van der Waals surface area (Å²) in [6.07, 6.45) is 20.7. The van der Waals surface area contributed by atoms with Crippen LogP contribution in [0.15, 0.2) is 0 Å². The maximum absolute atomic E-state index is 4.08. The highest BCUT2D eigenvalue weighted by atomic mass is 15.2. The largest absolute Gasteiger partial charge is 0.313 e. The van der Waals surface area contributed by atoms with Crippen molar-refractivity contribution in [3.05, 3.63) is 0 Å². The van der Waals surface area contributed by atoms with E-state index in [9.17, 15) is 0 Å². The second-order valence-corrected chi connectivity index (χ2v) is 12.8. The maximum Gasteiger partial charge on any atom is 0.0200 e. The third-order valence-electron chi connectivity index (χ3n) is 11.6. The van der Waals surface area contributed by atoms with Crippen LogP contribution in [-0.2, 0) is 0 Å². The lowest BCUT2D eigenvalue weighted by molar-refractivity contribution is 0.0305. The van der Waals surface area contributed by atoms with E-state index in [-0.39, 0.29) is 0 Å². The smallest absolute Gasteiger partial charge is 0.0200 e. The number of piperidine rings is 1. The van der Waals surface area contributed by atoms with Gasteiger partial charge in [0, 0.05) is 30.2 Å². The Morgan fingerprint density at radius 1 is 0.867 bits per heavy atom. The lowest BCUT2D eigenvalue weighted by Crippen LogP contribution is -2.51. The van der Waals surface area contributed by atoms with Gasteiger partial charge in [0.1, 0.15) is 0 Å². The Morgan fingerprint density at radius 2 is 1.67 bits per heavy atom. The van der Waals surface area contributed by atoms with Crippen molar-refractivity contribution in [2.45, 2.75) is 127 Å². The first kappa shape index (κ1) is 20.5. The number of nitrogens with one attached hydrogen (secondary N) is 2. The number of rotatable bonds is 3. The molecule has 2 N–H and O–H groups in total. The highest BCUT2D eigenvalue weighted by Crippen LogP contribution is 2.58. The average Bonchev–Trinajstić information content (AvgIpc) is 3.09. The van der Waals surface area contributed by atoms with Gasteiger partial charge in [-0.3, -0.25) is 4.90 Å². The van der Waals surface area contributed by atoms with Crippen LogP contribution in [0.4, 0.5) is 0 Å². The first-order chi connectivity index (χ1) is 14.5. The van der Waals surface area contributed by atoms with Gasteiger partial charge in [-0.1, -0.05) is 32.1 Å². The van der Waals surface area contributed by atoms with Crippen LogP contribution < -0.4 is 10.6 Å². The second-order valence-electron chi connectivity index (χ2n) is 12.8. The molecule has 6 rings (SSSR count). The maximum atomic E-state index is 4.08. The quantitative estimate of drug-likeness (QED) is 0.674. The van der Waals surface area contributed by atoms with Crippen molar-refractivity contribution in [3.8, 4) is 0 Å². The minimum Gasteiger partial charge on any atom is -0.313 e. The van der Waals surface area contributed by atoms with Gasteiger partial charge in [-0.05, 0) is 107 Å². The molecule has 6 unspecified atom stereocenters. The summed E-state index contributed by atoms with van der Waals surface area (Å²) >= 11 is 0. The molecule has 3 aliphatic heterocycles. The molecule has 6 fully saturated rings. The summed E-state index contributed by atoms with van der Waals surface area (Å²) in [5, 5.41) is 8.03. The van der Waals surface area contributed by atoms with Crippen LogP contribution in [0.3, 0.4) is 0 Å². The van der Waals surface area contributed by atoms with Crippen molar-refractivity contribution >= 4 is 0 Å². The molecule has 3 saturated carbocycles. The third kappa shape index (κ3) is 3.24. The van der Waals surface area contributed by atoms with Crippen LogP contribution in [0, 0.1) is 22.7 Å². The van der Waals surface area contributed by atoms with Crippen LogP contribution in [-0.4, -0.2) is 48.2 Å². The fraction of sp³-hybridized carbons (Fsp3) is 1.00. The van der Waals surface area contributed by atoms with E-state index in [2.05, 4.69) is 29.4 Å². The molecule has 170 valence electrons. The fourth-order valence-corrected chi connectivity index (χ4v) is 9.53. The van der Waals surface area contributed by atoms with E-state index in [1.54, 1.807) is 0 Å². The molecule has 3 nitrogen and oxygen atoms in total. The Kier molecular flexibility index (Phi) is 5.09. The van der Waals surface area contributed by atoms with Crippen molar-refractivity contribution in [1.82, 2.24) is 15.5 Å². The Balaban J connectivity index is 1.14. The summed E-state index contributed by atoms with van der Waals surface area (Å²) in [6, 6.07) is 2.32. The van der Waals surface area contributed by atoms with Gasteiger partial charge in [-0.25, -0.2) is 0 Å². The van der Waals surface area contributed by atoms with Gasteiger partial charge >= 0.3 is 0 Å². The van der Waals surface area contributed by atoms with Crippen LogP contribution in [0.1, 0.15) is 104 Å². The zero-order valence-electron chi connectivity index (χ0n) is 19.9. The van der Waals surface area contributed by atoms with E-state index in [4.69, 9.17) is 0 Å². The monoisotopic (exact) mass is 413 g/mol. The zero-order valence-corrected chi connectivity index (χ0v) is 19.9. The summed E-state index contributed by atoms with van der Waals surface area (Å²) in [5.41, 5.74) is 1.86. The zero-order chi connectivity index (χ0) is 20.4. The van der Waals surface area contributed by atoms with E-state index < -0.39 is 0 Å². The summed E-state index contributed by atoms with van der Waals surface area (Å²) in [7, 11) is 0. The molecule has 3 heteroatoms. The van der Waals surface area contributed by atoms with Crippen LogP contribution in [0.2, 0.25) is 0 Å². The molecule has 30 heavy (non-hydrogen) atoms. The van der Waals surface area contributed by atoms with Gasteiger partial charge in [-0.15, -0.1) is 0 Å². The first-order valence-electron chi connectivity index (χ1n) is 13.8. The number of likely N-dealkylation sites (tertiary alicyclic amines) is 1. The van der Waals surface area contributed by atoms with E-state index in [0.29, 0.717) is 16.4 Å². The molecule has 0 amide bonds. The minimum atomic E-state index is 0.585. The summed E-state index contributed by atoms with van der Waals surface area (Å²) in [5.74, 6) is 1.95. The Morgan fingerprint density at radius 3 is 2.47 bits per heavy atom. The number of hydrogen-bond donors (Lipinski definition) is 2. The standard InChI is InChI=1S/C27H47N3/c1-20-27(11-3-4-12-27)24(18-28-20)22-7-5-9-25(17-22)15-16-30(21(25)2)19-23-8-6-10-26(29-23)13-14-26/h20-24,28-29H,3-19H2,1-2H3. The van der Waals surface area contributed by atoms with E-state index in [0.717, 1.165) is 30.0 Å². The Hall–Kier alpha value is -0.120. The van der Waals surface area contributed by atoms with Gasteiger partial charge in [0.15, 0.2) is 0 Å². The van der Waals surface area contributed by atoms with Crippen molar-refractivity contribution in [1.29, 1.82) is 0 Å². The summed E-state index contributed by atoms with van der Waals surface area (Å²) in [4.78, 5) is 2.92. The van der Waals surface area contributed by atoms with Gasteiger partial charge in [0.05, 0.1) is 0 Å². The molecule has 3 saturated heterocycles. The predicted molar refractivity (Wildman–Crippen MR) is 125 cm³/mol. The van der Waals surface area contributed by atoms with E-state index in [1.807, 2.05) is 0 Å². The van der Waals surface area contributed by atoms with E-state index in [1.165, 1.54) is 110 Å². The molecule has 0 bridgehead atoms. The minimum absolute atomic E-state index is 0.585. The predicted octanol–water partition coefficient (Wildman–Crippen LogP) is 5.10. The molecule has 0 aromatic carbocycles. The molecule has 0 aromatic rings. The third-order valence-corrected chi connectivity index (χ3v) is 11.6. The molecule has 0 radical (unpaired) electrons. The van der Waals surface area contributed by atoms with Crippen molar-refractivity contribution in [2.75, 3.05) is 19.6 Å². The lowest BCUT2D eigenvalue weighted by atomic mass is 9.58. The topological polar surface area (TPSA) is 27.3 Å². The molecule has 6 atom stereocenters. The van der Waals surface area contributed by atoms with Crippen molar-refractivity contribution in [2.24, 2.45) is 22.7 Å². The highest BCUT2D eigenvalue weighted by molar-refractivity contribution is 5.10. The Labute approximate surface area is 185 Å². The van der Waals surface area contributed by atoms with Crippen molar-refractivity contribution < 1.29 is 0 Å². The lowest BCUT2D eigenvalue weighted by Gasteiger charge is -2.48. The molecular weight excluding hydrogens is 366 g/mol. The summed E-state index contributed by atoms with van der Waals surface area (Å²) < 4.78 is 0. The van der Waals surface area contributed by atoms with Crippen LogP contribution in [0.5, 0.6) is 0 Å². The fourth-order valence-electron chi connectivity index (χ4n) is 9.53. The van der Waals surface area contributed by atoms with Gasteiger partial charge in [0.25, 0.3) is 0 Å². The molecule has 3 aliphatic carbocycles. The molecule has 0 aromatic heterocycles. The van der Waals surface area contributed by atoms with E-state index >= 15 is 0 Å².